The van der Waals surface area contributed by atoms with Gasteiger partial charge in [-0.2, -0.15) is 0 Å². The van der Waals surface area contributed by atoms with Gasteiger partial charge >= 0.3 is 0 Å². The highest BCUT2D eigenvalue weighted by Gasteiger charge is 2.23. The van der Waals surface area contributed by atoms with E-state index in [0.29, 0.717) is 0 Å². The van der Waals surface area contributed by atoms with Crippen LogP contribution >= 0.6 is 15.9 Å². The molecule has 1 unspecified atom stereocenters. The van der Waals surface area contributed by atoms with E-state index in [0.717, 1.165) is 6.07 Å². The van der Waals surface area contributed by atoms with Crippen molar-refractivity contribution in [2.75, 3.05) is 0 Å². The van der Waals surface area contributed by atoms with Crippen LogP contribution in [0.1, 0.15) is 29.3 Å². The molecular weight excluding hydrogens is 270 g/mol. The number of phenols is 1. The van der Waals surface area contributed by atoms with Crippen molar-refractivity contribution in [1.29, 1.82) is 0 Å². The van der Waals surface area contributed by atoms with Crippen LogP contribution in [-0.2, 0) is 0 Å². The Kier molecular flexibility index (Phi) is 3.79. The molecule has 0 bridgehead atoms. The number of phenolic OH excluding ortho intramolecular Hbond substituents is 1. The number of carbonyl (C=O) groups is 1. The Morgan fingerprint density at radius 3 is 2.53 bits per heavy atom. The Morgan fingerprint density at radius 1 is 1.47 bits per heavy atom. The topological polar surface area (TPSA) is 37.3 Å². The number of carbonyl (C=O) groups excluding carboxylic acids is 1. The van der Waals surface area contributed by atoms with Crippen molar-refractivity contribution < 1.29 is 18.7 Å². The summed E-state index contributed by atoms with van der Waals surface area (Å²) >= 11 is 2.99. The molecule has 0 radical (unpaired) electrons. The van der Waals surface area contributed by atoms with Crippen LogP contribution in [0.5, 0.6) is 5.75 Å². The molecule has 5 heteroatoms. The van der Waals surface area contributed by atoms with E-state index in [1.54, 1.807) is 0 Å². The summed E-state index contributed by atoms with van der Waals surface area (Å²) in [5, 5.41) is 9.38. The van der Waals surface area contributed by atoms with Crippen molar-refractivity contribution in [2.24, 2.45) is 0 Å². The predicted octanol–water partition coefficient (Wildman–Crippen LogP) is 3.30. The number of benzene rings is 1. The molecule has 0 saturated heterocycles. The van der Waals surface area contributed by atoms with Crippen LogP contribution in [0.25, 0.3) is 0 Å². The fourth-order valence-corrected chi connectivity index (χ4v) is 1.44. The molecule has 1 aromatic rings. The molecule has 1 N–H and O–H groups in total. The molecule has 0 amide bonds. The molecule has 0 aromatic heterocycles. The third-order valence-electron chi connectivity index (χ3n) is 1.92. The molecule has 0 spiro atoms. The lowest BCUT2D eigenvalue weighted by Crippen LogP contribution is -2.13. The van der Waals surface area contributed by atoms with Gasteiger partial charge in [0.2, 0.25) is 0 Å². The summed E-state index contributed by atoms with van der Waals surface area (Å²) in [4.78, 5) is 10.9. The number of alkyl halides is 3. The minimum Gasteiger partial charge on any atom is -0.507 e. The Morgan fingerprint density at radius 2 is 2.07 bits per heavy atom. The fraction of sp³-hybridized carbons (Fsp3) is 0.300. The Hall–Kier alpha value is -0.970. The van der Waals surface area contributed by atoms with Crippen LogP contribution in [-0.4, -0.2) is 15.7 Å². The number of rotatable bonds is 3. The standard InChI is InChI=1S/C10H9BrF2O2/c1-5(11)9(15)8-6(10(12)13)3-2-4-7(8)14/h2-5,10,14H,1H3. The lowest BCUT2D eigenvalue weighted by atomic mass is 10.0. The van der Waals surface area contributed by atoms with Crippen LogP contribution in [0.4, 0.5) is 8.78 Å². The van der Waals surface area contributed by atoms with Crippen LogP contribution in [0.3, 0.4) is 0 Å². The van der Waals surface area contributed by atoms with Gasteiger partial charge in [0.15, 0.2) is 5.78 Å². The first-order valence-corrected chi connectivity index (χ1v) is 5.15. The molecule has 0 fully saturated rings. The van der Waals surface area contributed by atoms with E-state index >= 15 is 0 Å². The average molecular weight is 279 g/mol. The zero-order valence-corrected chi connectivity index (χ0v) is 9.46. The van der Waals surface area contributed by atoms with Crippen molar-refractivity contribution >= 4 is 21.7 Å². The number of halogens is 3. The maximum absolute atomic E-state index is 12.6. The van der Waals surface area contributed by atoms with Crippen LogP contribution in [0.15, 0.2) is 18.2 Å². The highest BCUT2D eigenvalue weighted by Crippen LogP contribution is 2.30. The summed E-state index contributed by atoms with van der Waals surface area (Å²) in [5.74, 6) is -0.965. The molecule has 1 aromatic carbocycles. The van der Waals surface area contributed by atoms with Gasteiger partial charge in [0.25, 0.3) is 6.43 Å². The summed E-state index contributed by atoms with van der Waals surface area (Å²) in [6, 6.07) is 3.63. The van der Waals surface area contributed by atoms with Crippen LogP contribution in [0.2, 0.25) is 0 Å². The Bertz CT molecular complexity index is 378. The summed E-state index contributed by atoms with van der Waals surface area (Å²) < 4.78 is 25.1. The molecule has 82 valence electrons. The first-order chi connectivity index (χ1) is 6.95. The SMILES string of the molecule is CC(Br)C(=O)c1c(O)cccc1C(F)F. The first-order valence-electron chi connectivity index (χ1n) is 4.23. The van der Waals surface area contributed by atoms with Crippen LogP contribution in [0, 0.1) is 0 Å². The predicted molar refractivity (Wildman–Crippen MR) is 55.8 cm³/mol. The Labute approximate surface area is 94.0 Å². The number of hydrogen-bond acceptors (Lipinski definition) is 2. The highest BCUT2D eigenvalue weighted by molar-refractivity contribution is 9.10. The largest absolute Gasteiger partial charge is 0.507 e. The average Bonchev–Trinajstić information content (AvgIpc) is 2.16. The molecule has 1 rings (SSSR count). The molecule has 0 aliphatic heterocycles. The van der Waals surface area contributed by atoms with E-state index in [1.807, 2.05) is 0 Å². The zero-order valence-electron chi connectivity index (χ0n) is 7.88. The third-order valence-corrected chi connectivity index (χ3v) is 2.33. The van der Waals surface area contributed by atoms with Gasteiger partial charge < -0.3 is 5.11 Å². The normalized spacial score (nSPS) is 12.9. The van der Waals surface area contributed by atoms with Gasteiger partial charge in [-0.3, -0.25) is 4.79 Å². The van der Waals surface area contributed by atoms with E-state index in [4.69, 9.17) is 0 Å². The smallest absolute Gasteiger partial charge is 0.264 e. The molecule has 15 heavy (non-hydrogen) atoms. The highest BCUT2D eigenvalue weighted by atomic mass is 79.9. The maximum atomic E-state index is 12.6. The van der Waals surface area contributed by atoms with Crippen molar-refractivity contribution in [3.63, 3.8) is 0 Å². The number of aromatic hydroxyl groups is 1. The van der Waals surface area contributed by atoms with Gasteiger partial charge in [-0.1, -0.05) is 28.1 Å². The van der Waals surface area contributed by atoms with E-state index in [9.17, 15) is 18.7 Å². The molecule has 0 heterocycles. The number of Topliss-reactive ketones (excluding diaryl/α,β-unsaturated/α-hetero) is 1. The summed E-state index contributed by atoms with van der Waals surface area (Å²) in [6.45, 7) is 1.52. The lowest BCUT2D eigenvalue weighted by Gasteiger charge is -2.10. The monoisotopic (exact) mass is 278 g/mol. The molecule has 2 nitrogen and oxygen atoms in total. The van der Waals surface area contributed by atoms with Crippen molar-refractivity contribution in [3.05, 3.63) is 29.3 Å². The quantitative estimate of drug-likeness (QED) is 0.681. The lowest BCUT2D eigenvalue weighted by molar-refractivity contribution is 0.0978. The van der Waals surface area contributed by atoms with Crippen molar-refractivity contribution in [3.8, 4) is 5.75 Å². The minimum atomic E-state index is -2.78. The second-order valence-corrected chi connectivity index (χ2v) is 4.40. The van der Waals surface area contributed by atoms with Gasteiger partial charge in [0.05, 0.1) is 10.4 Å². The van der Waals surface area contributed by atoms with E-state index in [2.05, 4.69) is 15.9 Å². The Balaban J connectivity index is 3.31. The molecular formula is C10H9BrF2O2. The number of ketones is 1. The number of hydrogen-bond donors (Lipinski definition) is 1. The fourth-order valence-electron chi connectivity index (χ4n) is 1.21. The molecule has 0 aliphatic carbocycles. The molecule has 0 saturated carbocycles. The summed E-state index contributed by atoms with van der Waals surface area (Å²) in [6.07, 6.45) is -2.78. The van der Waals surface area contributed by atoms with Crippen LogP contribution < -0.4 is 0 Å². The first kappa shape index (κ1) is 12.1. The second kappa shape index (κ2) is 4.70. The second-order valence-electron chi connectivity index (χ2n) is 3.02. The molecule has 1 atom stereocenters. The summed E-state index contributed by atoms with van der Waals surface area (Å²) in [5.41, 5.74) is -0.747. The van der Waals surface area contributed by atoms with Gasteiger partial charge in [-0.05, 0) is 13.0 Å². The van der Waals surface area contributed by atoms with E-state index < -0.39 is 28.3 Å². The van der Waals surface area contributed by atoms with Crippen molar-refractivity contribution in [2.45, 2.75) is 18.2 Å². The van der Waals surface area contributed by atoms with E-state index in [1.165, 1.54) is 19.1 Å². The zero-order chi connectivity index (χ0) is 11.6. The van der Waals surface area contributed by atoms with Crippen molar-refractivity contribution in [1.82, 2.24) is 0 Å². The third kappa shape index (κ3) is 2.53. The molecule has 0 aliphatic rings. The summed E-state index contributed by atoms with van der Waals surface area (Å²) in [7, 11) is 0. The minimum absolute atomic E-state index is 0.308. The van der Waals surface area contributed by atoms with Gasteiger partial charge in [0.1, 0.15) is 5.75 Å². The van der Waals surface area contributed by atoms with Gasteiger partial charge in [-0.25, -0.2) is 8.78 Å². The van der Waals surface area contributed by atoms with Gasteiger partial charge in [0, 0.05) is 5.56 Å². The van der Waals surface area contributed by atoms with E-state index in [-0.39, 0.29) is 5.56 Å². The maximum Gasteiger partial charge on any atom is 0.264 e. The van der Waals surface area contributed by atoms with Gasteiger partial charge in [-0.15, -0.1) is 0 Å².